The number of nitrogens with zero attached hydrogens (tertiary/aromatic N) is 4. The van der Waals surface area contributed by atoms with E-state index in [-0.39, 0.29) is 11.9 Å². The van der Waals surface area contributed by atoms with Crippen LogP contribution in [0.4, 0.5) is 5.82 Å². The fourth-order valence-electron chi connectivity index (χ4n) is 5.52. The normalized spacial score (nSPS) is 20.2. The summed E-state index contributed by atoms with van der Waals surface area (Å²) >= 11 is 12.7. The molecule has 0 unspecified atom stereocenters. The van der Waals surface area contributed by atoms with Gasteiger partial charge in [-0.15, -0.1) is 0 Å². The van der Waals surface area contributed by atoms with Crippen LogP contribution in [0.2, 0.25) is 10.0 Å². The van der Waals surface area contributed by atoms with E-state index in [2.05, 4.69) is 44.1 Å². The SMILES string of the molecule is CCC[C@H]1CN(c2ncc(C(=O)NC(C)C)cc2Cl)CCN1C1CCN(Cc2ccc(Cl)cc2)CC1. The van der Waals surface area contributed by atoms with Crippen molar-refractivity contribution in [3.05, 3.63) is 57.7 Å². The van der Waals surface area contributed by atoms with Crippen molar-refractivity contribution in [2.24, 2.45) is 0 Å². The van der Waals surface area contributed by atoms with Crippen LogP contribution in [-0.2, 0) is 6.54 Å². The van der Waals surface area contributed by atoms with Gasteiger partial charge in [-0.2, -0.15) is 0 Å². The van der Waals surface area contributed by atoms with Crippen LogP contribution in [-0.4, -0.2) is 71.5 Å². The topological polar surface area (TPSA) is 51.7 Å². The highest BCUT2D eigenvalue weighted by molar-refractivity contribution is 6.33. The van der Waals surface area contributed by atoms with Gasteiger partial charge < -0.3 is 10.2 Å². The van der Waals surface area contributed by atoms with Gasteiger partial charge in [0.1, 0.15) is 5.82 Å². The molecule has 196 valence electrons. The molecule has 2 aliphatic heterocycles. The molecule has 1 aromatic heterocycles. The number of halogens is 2. The number of hydrogen-bond acceptors (Lipinski definition) is 5. The number of anilines is 1. The van der Waals surface area contributed by atoms with Crippen molar-refractivity contribution in [3.8, 4) is 0 Å². The molecular formula is C28H39Cl2N5O. The summed E-state index contributed by atoms with van der Waals surface area (Å²) in [4.78, 5) is 24.6. The average Bonchev–Trinajstić information content (AvgIpc) is 2.86. The maximum atomic E-state index is 12.4. The summed E-state index contributed by atoms with van der Waals surface area (Å²) < 4.78 is 0. The van der Waals surface area contributed by atoms with Crippen LogP contribution in [0.3, 0.4) is 0 Å². The number of hydrogen-bond donors (Lipinski definition) is 1. The van der Waals surface area contributed by atoms with Crippen LogP contribution in [0.1, 0.15) is 62.4 Å². The zero-order valence-corrected chi connectivity index (χ0v) is 23.2. The summed E-state index contributed by atoms with van der Waals surface area (Å²) in [5.74, 6) is 0.651. The highest BCUT2D eigenvalue weighted by Gasteiger charge is 2.34. The first kappa shape index (κ1) is 27.2. The second-order valence-corrected chi connectivity index (χ2v) is 11.3. The lowest BCUT2D eigenvalue weighted by Gasteiger charge is -2.48. The van der Waals surface area contributed by atoms with Crippen LogP contribution >= 0.6 is 23.2 Å². The van der Waals surface area contributed by atoms with Gasteiger partial charge >= 0.3 is 0 Å². The van der Waals surface area contributed by atoms with E-state index in [1.807, 2.05) is 26.0 Å². The fourth-order valence-corrected chi connectivity index (χ4v) is 5.93. The van der Waals surface area contributed by atoms with Gasteiger partial charge in [0.15, 0.2) is 0 Å². The third-order valence-corrected chi connectivity index (χ3v) is 7.83. The van der Waals surface area contributed by atoms with Crippen LogP contribution < -0.4 is 10.2 Å². The molecule has 8 heteroatoms. The lowest BCUT2D eigenvalue weighted by Crippen LogP contribution is -2.58. The molecule has 2 fully saturated rings. The number of amides is 1. The summed E-state index contributed by atoms with van der Waals surface area (Å²) in [5, 5.41) is 4.24. The summed E-state index contributed by atoms with van der Waals surface area (Å²) in [6.45, 7) is 12.2. The van der Waals surface area contributed by atoms with Gasteiger partial charge in [-0.3, -0.25) is 14.6 Å². The maximum Gasteiger partial charge on any atom is 0.253 e. The molecule has 2 aromatic rings. The molecule has 0 aliphatic carbocycles. The Balaban J connectivity index is 1.35. The average molecular weight is 533 g/mol. The molecule has 2 aliphatic rings. The molecule has 2 saturated heterocycles. The Labute approximate surface area is 225 Å². The number of carbonyl (C=O) groups excluding carboxylic acids is 1. The van der Waals surface area contributed by atoms with Gasteiger partial charge in [0, 0.05) is 55.5 Å². The number of aromatic nitrogens is 1. The molecule has 0 bridgehead atoms. The lowest BCUT2D eigenvalue weighted by molar-refractivity contribution is 0.0589. The quantitative estimate of drug-likeness (QED) is 0.488. The Morgan fingerprint density at radius 3 is 2.47 bits per heavy atom. The standard InChI is InChI=1S/C28H39Cl2N5O/c1-4-5-25-19-34(27-26(30)16-22(17-31-27)28(36)32-20(2)3)14-15-35(25)24-10-12-33(13-11-24)18-21-6-8-23(29)9-7-21/h6-9,16-17,20,24-25H,4-5,10-15,18-19H2,1-3H3,(H,32,36)/t25-/m0/s1. The third-order valence-electron chi connectivity index (χ3n) is 7.30. The summed E-state index contributed by atoms with van der Waals surface area (Å²) in [6, 6.07) is 11.2. The van der Waals surface area contributed by atoms with Gasteiger partial charge in [-0.1, -0.05) is 48.7 Å². The number of likely N-dealkylation sites (tertiary alicyclic amines) is 1. The minimum absolute atomic E-state index is 0.0723. The molecular weight excluding hydrogens is 493 g/mol. The van der Waals surface area contributed by atoms with E-state index in [0.717, 1.165) is 63.0 Å². The molecule has 3 heterocycles. The lowest BCUT2D eigenvalue weighted by atomic mass is 9.97. The van der Waals surface area contributed by atoms with Gasteiger partial charge in [-0.25, -0.2) is 4.98 Å². The van der Waals surface area contributed by atoms with E-state index in [1.165, 1.54) is 18.4 Å². The van der Waals surface area contributed by atoms with Crippen molar-refractivity contribution in [2.45, 2.75) is 71.1 Å². The van der Waals surface area contributed by atoms with Crippen molar-refractivity contribution >= 4 is 34.9 Å². The number of piperazine rings is 1. The Morgan fingerprint density at radius 2 is 1.83 bits per heavy atom. The van der Waals surface area contributed by atoms with E-state index in [4.69, 9.17) is 23.2 Å². The Kier molecular flexibility index (Phi) is 9.51. The van der Waals surface area contributed by atoms with Gasteiger partial charge in [0.2, 0.25) is 0 Å². The predicted molar refractivity (Wildman–Crippen MR) is 149 cm³/mol. The maximum absolute atomic E-state index is 12.4. The van der Waals surface area contributed by atoms with E-state index in [1.54, 1.807) is 12.3 Å². The number of piperidine rings is 1. The smallest absolute Gasteiger partial charge is 0.253 e. The number of carbonyl (C=O) groups is 1. The highest BCUT2D eigenvalue weighted by Crippen LogP contribution is 2.30. The first-order chi connectivity index (χ1) is 17.3. The number of rotatable bonds is 8. The van der Waals surface area contributed by atoms with E-state index in [9.17, 15) is 4.79 Å². The second-order valence-electron chi connectivity index (χ2n) is 10.4. The largest absolute Gasteiger partial charge is 0.353 e. The molecule has 6 nitrogen and oxygen atoms in total. The van der Waals surface area contributed by atoms with E-state index in [0.29, 0.717) is 22.7 Å². The van der Waals surface area contributed by atoms with Crippen molar-refractivity contribution < 1.29 is 4.79 Å². The molecule has 1 aromatic carbocycles. The van der Waals surface area contributed by atoms with Crippen molar-refractivity contribution in [1.29, 1.82) is 0 Å². The second kappa shape index (κ2) is 12.6. The monoisotopic (exact) mass is 531 g/mol. The molecule has 36 heavy (non-hydrogen) atoms. The highest BCUT2D eigenvalue weighted by atomic mass is 35.5. The summed E-state index contributed by atoms with van der Waals surface area (Å²) in [6.07, 6.45) is 6.36. The van der Waals surface area contributed by atoms with Gasteiger partial charge in [-0.05, 0) is 70.0 Å². The Morgan fingerprint density at radius 1 is 1.11 bits per heavy atom. The minimum Gasteiger partial charge on any atom is -0.353 e. The van der Waals surface area contributed by atoms with Crippen LogP contribution in [0.25, 0.3) is 0 Å². The number of nitrogens with one attached hydrogen (secondary N) is 1. The zero-order valence-electron chi connectivity index (χ0n) is 21.7. The van der Waals surface area contributed by atoms with Crippen molar-refractivity contribution in [2.75, 3.05) is 37.6 Å². The Bertz CT molecular complexity index is 1010. The molecule has 1 atom stereocenters. The molecule has 0 radical (unpaired) electrons. The number of benzene rings is 1. The van der Waals surface area contributed by atoms with Gasteiger partial charge in [0.25, 0.3) is 5.91 Å². The van der Waals surface area contributed by atoms with Crippen molar-refractivity contribution in [3.63, 3.8) is 0 Å². The van der Waals surface area contributed by atoms with Crippen LogP contribution in [0, 0.1) is 0 Å². The van der Waals surface area contributed by atoms with Gasteiger partial charge in [0.05, 0.1) is 10.6 Å². The molecule has 4 rings (SSSR count). The van der Waals surface area contributed by atoms with E-state index < -0.39 is 0 Å². The molecule has 0 saturated carbocycles. The van der Waals surface area contributed by atoms with Crippen LogP contribution in [0.15, 0.2) is 36.5 Å². The zero-order chi connectivity index (χ0) is 25.7. The summed E-state index contributed by atoms with van der Waals surface area (Å²) in [7, 11) is 0. The predicted octanol–water partition coefficient (Wildman–Crippen LogP) is 5.48. The first-order valence-corrected chi connectivity index (χ1v) is 14.0. The summed E-state index contributed by atoms with van der Waals surface area (Å²) in [5.41, 5.74) is 1.83. The molecule has 1 N–H and O–H groups in total. The van der Waals surface area contributed by atoms with Crippen LogP contribution in [0.5, 0.6) is 0 Å². The van der Waals surface area contributed by atoms with E-state index >= 15 is 0 Å². The molecule has 0 spiro atoms. The molecule has 1 amide bonds. The first-order valence-electron chi connectivity index (χ1n) is 13.3. The third kappa shape index (κ3) is 6.91. The number of pyridine rings is 1. The fraction of sp³-hybridized carbons (Fsp3) is 0.571. The Hall–Kier alpha value is -1.86. The van der Waals surface area contributed by atoms with Crippen molar-refractivity contribution in [1.82, 2.24) is 20.1 Å². The minimum atomic E-state index is -0.137.